The second-order valence-corrected chi connectivity index (χ2v) is 3.72. The van der Waals surface area contributed by atoms with E-state index in [9.17, 15) is 9.59 Å². The van der Waals surface area contributed by atoms with Crippen LogP contribution in [0.5, 0.6) is 11.5 Å². The van der Waals surface area contributed by atoms with Crippen LogP contribution in [0.1, 0.15) is 10.4 Å². The van der Waals surface area contributed by atoms with Crippen LogP contribution in [0.25, 0.3) is 10.9 Å². The maximum Gasteiger partial charge on any atom is 0.377 e. The van der Waals surface area contributed by atoms with E-state index in [4.69, 9.17) is 14.6 Å². The third kappa shape index (κ3) is 2.20. The van der Waals surface area contributed by atoms with Gasteiger partial charge in [0.25, 0.3) is 5.78 Å². The van der Waals surface area contributed by atoms with E-state index < -0.39 is 11.8 Å². The maximum atomic E-state index is 11.6. The molecular weight excluding hydrogens is 250 g/mol. The normalized spacial score (nSPS) is 10.2. The highest BCUT2D eigenvalue weighted by molar-refractivity contribution is 6.42. The molecule has 0 bridgehead atoms. The third-order valence-corrected chi connectivity index (χ3v) is 2.69. The minimum atomic E-state index is -1.51. The number of Topliss-reactive ketones (excluding diaryl/α,β-unsaturated/α-hetero) is 1. The quantitative estimate of drug-likeness (QED) is 0.663. The van der Waals surface area contributed by atoms with Gasteiger partial charge in [0.05, 0.1) is 19.7 Å². The fourth-order valence-electron chi connectivity index (χ4n) is 1.79. The standard InChI is InChI=1S/C13H11NO5/c1-18-10-5-8-7(12(15)13(16)17)3-4-14-9(8)6-11(10)19-2/h3-6H,1-2H3,(H,16,17). The van der Waals surface area contributed by atoms with Crippen molar-refractivity contribution in [2.24, 2.45) is 0 Å². The molecule has 0 spiro atoms. The van der Waals surface area contributed by atoms with Crippen LogP contribution >= 0.6 is 0 Å². The van der Waals surface area contributed by atoms with Gasteiger partial charge >= 0.3 is 5.97 Å². The lowest BCUT2D eigenvalue weighted by Crippen LogP contribution is -2.13. The Morgan fingerprint density at radius 3 is 2.37 bits per heavy atom. The number of carboxylic acids is 1. The fourth-order valence-corrected chi connectivity index (χ4v) is 1.79. The first-order valence-electron chi connectivity index (χ1n) is 5.37. The van der Waals surface area contributed by atoms with E-state index in [0.29, 0.717) is 22.4 Å². The smallest absolute Gasteiger partial charge is 0.377 e. The van der Waals surface area contributed by atoms with Gasteiger partial charge in [0, 0.05) is 23.2 Å². The zero-order chi connectivity index (χ0) is 14.0. The lowest BCUT2D eigenvalue weighted by atomic mass is 10.0. The molecule has 6 heteroatoms. The summed E-state index contributed by atoms with van der Waals surface area (Å²) in [5, 5.41) is 9.21. The molecule has 1 aromatic carbocycles. The van der Waals surface area contributed by atoms with Gasteiger partial charge in [-0.15, -0.1) is 0 Å². The molecule has 1 aromatic heterocycles. The van der Waals surface area contributed by atoms with Crippen LogP contribution in [-0.4, -0.2) is 36.1 Å². The predicted octanol–water partition coefficient (Wildman–Crippen LogP) is 1.52. The molecule has 0 saturated heterocycles. The molecule has 2 aromatic rings. The number of aromatic nitrogens is 1. The number of hydrogen-bond acceptors (Lipinski definition) is 5. The molecule has 6 nitrogen and oxygen atoms in total. The molecule has 0 aliphatic rings. The Morgan fingerprint density at radius 1 is 1.16 bits per heavy atom. The van der Waals surface area contributed by atoms with Gasteiger partial charge in [0.15, 0.2) is 11.5 Å². The van der Waals surface area contributed by atoms with E-state index in [2.05, 4.69) is 4.98 Å². The first kappa shape index (κ1) is 12.8. The maximum absolute atomic E-state index is 11.6. The number of pyridine rings is 1. The van der Waals surface area contributed by atoms with Gasteiger partial charge in [-0.1, -0.05) is 0 Å². The molecule has 0 unspecified atom stereocenters. The lowest BCUT2D eigenvalue weighted by molar-refractivity contribution is -0.131. The summed E-state index contributed by atoms with van der Waals surface area (Å²) in [5.74, 6) is -1.63. The second-order valence-electron chi connectivity index (χ2n) is 3.72. The molecule has 0 atom stereocenters. The summed E-state index contributed by atoms with van der Waals surface area (Å²) < 4.78 is 10.3. The number of ketones is 1. The summed E-state index contributed by atoms with van der Waals surface area (Å²) in [7, 11) is 2.94. The van der Waals surface area contributed by atoms with Gasteiger partial charge < -0.3 is 14.6 Å². The number of benzene rings is 1. The number of nitrogens with zero attached hydrogens (tertiary/aromatic N) is 1. The van der Waals surface area contributed by atoms with E-state index in [1.807, 2.05) is 0 Å². The Balaban J connectivity index is 2.74. The predicted molar refractivity (Wildman–Crippen MR) is 66.8 cm³/mol. The van der Waals surface area contributed by atoms with E-state index in [1.165, 1.54) is 32.5 Å². The van der Waals surface area contributed by atoms with Crippen molar-refractivity contribution in [3.63, 3.8) is 0 Å². The van der Waals surface area contributed by atoms with Crippen LogP contribution in [0.2, 0.25) is 0 Å². The van der Waals surface area contributed by atoms with Crippen molar-refractivity contribution in [1.82, 2.24) is 4.98 Å². The fraction of sp³-hybridized carbons (Fsp3) is 0.154. The van der Waals surface area contributed by atoms with Gasteiger partial charge in [-0.2, -0.15) is 0 Å². The zero-order valence-corrected chi connectivity index (χ0v) is 10.3. The Morgan fingerprint density at radius 2 is 1.79 bits per heavy atom. The summed E-state index contributed by atoms with van der Waals surface area (Å²) in [5.41, 5.74) is 0.531. The number of rotatable bonds is 4. The highest BCUT2D eigenvalue weighted by Gasteiger charge is 2.19. The van der Waals surface area contributed by atoms with E-state index in [-0.39, 0.29) is 5.56 Å². The number of carbonyl (C=O) groups excluding carboxylic acids is 1. The van der Waals surface area contributed by atoms with E-state index in [1.54, 1.807) is 6.07 Å². The molecule has 0 aliphatic heterocycles. The van der Waals surface area contributed by atoms with Crippen molar-refractivity contribution < 1.29 is 24.2 Å². The summed E-state index contributed by atoms with van der Waals surface area (Å²) >= 11 is 0. The molecule has 0 aliphatic carbocycles. The number of fused-ring (bicyclic) bond motifs is 1. The van der Waals surface area contributed by atoms with Gasteiger partial charge in [0.2, 0.25) is 0 Å². The number of methoxy groups -OCH3 is 2. The molecule has 98 valence electrons. The van der Waals surface area contributed by atoms with Crippen molar-refractivity contribution in [3.05, 3.63) is 30.0 Å². The van der Waals surface area contributed by atoms with Crippen molar-refractivity contribution in [2.45, 2.75) is 0 Å². The first-order chi connectivity index (χ1) is 9.08. The SMILES string of the molecule is COc1cc2nccc(C(=O)C(=O)O)c2cc1OC. The third-order valence-electron chi connectivity index (χ3n) is 2.69. The Kier molecular flexibility index (Phi) is 3.33. The molecule has 2 rings (SSSR count). The molecule has 19 heavy (non-hydrogen) atoms. The van der Waals surface area contributed by atoms with Crippen LogP contribution in [0.4, 0.5) is 0 Å². The molecule has 0 saturated carbocycles. The van der Waals surface area contributed by atoms with Crippen molar-refractivity contribution in [1.29, 1.82) is 0 Å². The molecule has 0 amide bonds. The van der Waals surface area contributed by atoms with Crippen LogP contribution in [0.3, 0.4) is 0 Å². The average Bonchev–Trinajstić information content (AvgIpc) is 2.44. The monoisotopic (exact) mass is 261 g/mol. The number of carbonyl (C=O) groups is 2. The highest BCUT2D eigenvalue weighted by atomic mass is 16.5. The van der Waals surface area contributed by atoms with Crippen molar-refractivity contribution >= 4 is 22.7 Å². The van der Waals surface area contributed by atoms with Crippen LogP contribution in [0.15, 0.2) is 24.4 Å². The van der Waals surface area contributed by atoms with E-state index in [0.717, 1.165) is 0 Å². The molecule has 1 N–H and O–H groups in total. The Bertz CT molecular complexity index is 665. The molecule has 1 heterocycles. The number of hydrogen-bond donors (Lipinski definition) is 1. The molecular formula is C13H11NO5. The minimum absolute atomic E-state index is 0.0680. The average molecular weight is 261 g/mol. The van der Waals surface area contributed by atoms with Gasteiger partial charge in [-0.3, -0.25) is 9.78 Å². The number of carboxylic acid groups (broad SMARTS) is 1. The van der Waals surface area contributed by atoms with Gasteiger partial charge in [0.1, 0.15) is 0 Å². The minimum Gasteiger partial charge on any atom is -0.493 e. The number of aliphatic carboxylic acids is 1. The second kappa shape index (κ2) is 4.93. The van der Waals surface area contributed by atoms with Crippen LogP contribution in [-0.2, 0) is 4.79 Å². The largest absolute Gasteiger partial charge is 0.493 e. The van der Waals surface area contributed by atoms with Gasteiger partial charge in [-0.05, 0) is 12.1 Å². The molecule has 0 fully saturated rings. The van der Waals surface area contributed by atoms with Crippen LogP contribution in [0, 0.1) is 0 Å². The van der Waals surface area contributed by atoms with Crippen molar-refractivity contribution in [3.8, 4) is 11.5 Å². The summed E-state index contributed by atoms with van der Waals surface area (Å²) in [6.45, 7) is 0. The van der Waals surface area contributed by atoms with Crippen molar-refractivity contribution in [2.75, 3.05) is 14.2 Å². The van der Waals surface area contributed by atoms with E-state index >= 15 is 0 Å². The number of ether oxygens (including phenoxy) is 2. The first-order valence-corrected chi connectivity index (χ1v) is 5.37. The highest BCUT2D eigenvalue weighted by Crippen LogP contribution is 2.32. The van der Waals surface area contributed by atoms with Gasteiger partial charge in [-0.25, -0.2) is 4.79 Å². The van der Waals surface area contributed by atoms with Crippen LogP contribution < -0.4 is 9.47 Å². The molecule has 0 radical (unpaired) electrons. The summed E-state index contributed by atoms with van der Waals surface area (Å²) in [4.78, 5) is 26.5. The zero-order valence-electron chi connectivity index (χ0n) is 10.3. The Labute approximate surface area is 108 Å². The summed E-state index contributed by atoms with van der Waals surface area (Å²) in [6, 6.07) is 4.49. The Hall–Kier alpha value is -2.63. The topological polar surface area (TPSA) is 85.7 Å². The summed E-state index contributed by atoms with van der Waals surface area (Å²) in [6.07, 6.45) is 1.38. The lowest BCUT2D eigenvalue weighted by Gasteiger charge is -2.10.